The van der Waals surface area contributed by atoms with Crippen molar-refractivity contribution in [2.24, 2.45) is 0 Å². The first-order valence-electron chi connectivity index (χ1n) is 3.63. The summed E-state index contributed by atoms with van der Waals surface area (Å²) >= 11 is 0. The van der Waals surface area contributed by atoms with E-state index in [-0.39, 0.29) is 13.1 Å². The Morgan fingerprint density at radius 1 is 1.40 bits per heavy atom. The van der Waals surface area contributed by atoms with Crippen LogP contribution in [0.5, 0.6) is 0 Å². The first-order chi connectivity index (χ1) is 4.60. The van der Waals surface area contributed by atoms with Gasteiger partial charge in [0.2, 0.25) is 0 Å². The van der Waals surface area contributed by atoms with Crippen molar-refractivity contribution in [3.63, 3.8) is 0 Å². The maximum absolute atomic E-state index is 12.6. The molecule has 4 N–H and O–H groups in total. The fourth-order valence-electron chi connectivity index (χ4n) is 1.11. The zero-order chi connectivity index (χ0) is 7.61. The molecule has 0 aromatic carbocycles. The quantitative estimate of drug-likeness (QED) is 0.408. The lowest BCUT2D eigenvalue weighted by atomic mass is 10.3. The molecule has 0 saturated carbocycles. The van der Waals surface area contributed by atoms with Crippen LogP contribution >= 0.6 is 0 Å². The van der Waals surface area contributed by atoms with Crippen molar-refractivity contribution in [3.05, 3.63) is 0 Å². The molecule has 2 nitrogen and oxygen atoms in total. The molecule has 1 aliphatic rings. The van der Waals surface area contributed by atoms with Crippen molar-refractivity contribution in [1.29, 1.82) is 0 Å². The molecule has 0 aromatic heterocycles. The number of hydrogen-bond donors (Lipinski definition) is 2. The molecule has 1 heterocycles. The van der Waals surface area contributed by atoms with E-state index in [0.717, 1.165) is 6.54 Å². The maximum atomic E-state index is 12.6. The Kier molecular flexibility index (Phi) is 2.21. The molecule has 4 heteroatoms. The van der Waals surface area contributed by atoms with E-state index in [0.29, 0.717) is 6.04 Å². The topological polar surface area (TPSA) is 33.2 Å². The zero-order valence-electron chi connectivity index (χ0n) is 6.11. The van der Waals surface area contributed by atoms with Gasteiger partial charge in [0.05, 0.1) is 0 Å². The molecule has 1 atom stereocenters. The van der Waals surface area contributed by atoms with Crippen LogP contribution in [0, 0.1) is 0 Å². The monoisotopic (exact) mass is 152 g/mol. The van der Waals surface area contributed by atoms with Crippen molar-refractivity contribution < 1.29 is 19.4 Å². The van der Waals surface area contributed by atoms with Crippen LogP contribution in [0.4, 0.5) is 8.78 Å². The molecule has 0 aromatic rings. The van der Waals surface area contributed by atoms with E-state index in [4.69, 9.17) is 0 Å². The lowest BCUT2D eigenvalue weighted by molar-refractivity contribution is -0.724. The van der Waals surface area contributed by atoms with Gasteiger partial charge in [0.25, 0.3) is 0 Å². The molecule has 1 rings (SSSR count). The van der Waals surface area contributed by atoms with Gasteiger partial charge < -0.3 is 10.6 Å². The standard InChI is InChI=1S/C6H12F2N2/c1-5-2-9-3-6(7,8)4-10-5/h5,9-10H,2-4H2,1H3/p+2/t5-/m1/s1. The van der Waals surface area contributed by atoms with Gasteiger partial charge >= 0.3 is 5.92 Å². The van der Waals surface area contributed by atoms with Gasteiger partial charge in [-0.1, -0.05) is 0 Å². The van der Waals surface area contributed by atoms with Crippen LogP contribution in [-0.4, -0.2) is 31.6 Å². The van der Waals surface area contributed by atoms with Crippen molar-refractivity contribution in [1.82, 2.24) is 0 Å². The second kappa shape index (κ2) is 2.80. The SMILES string of the molecule is C[C@@H]1C[NH2+]CC(F)(F)C[NH2+]1. The highest BCUT2D eigenvalue weighted by atomic mass is 19.3. The van der Waals surface area contributed by atoms with Crippen LogP contribution < -0.4 is 10.6 Å². The minimum Gasteiger partial charge on any atom is -0.336 e. The van der Waals surface area contributed by atoms with Gasteiger partial charge in [0, 0.05) is 0 Å². The van der Waals surface area contributed by atoms with E-state index in [2.05, 4.69) is 0 Å². The van der Waals surface area contributed by atoms with E-state index in [1.54, 1.807) is 10.6 Å². The molecule has 0 bridgehead atoms. The van der Waals surface area contributed by atoms with Gasteiger partial charge in [0.15, 0.2) is 0 Å². The lowest BCUT2D eigenvalue weighted by Gasteiger charge is -2.07. The summed E-state index contributed by atoms with van der Waals surface area (Å²) in [6, 6.07) is 0.327. The summed E-state index contributed by atoms with van der Waals surface area (Å²) in [6.45, 7) is 2.67. The largest absolute Gasteiger partial charge is 0.342 e. The molecule has 0 amide bonds. The van der Waals surface area contributed by atoms with Gasteiger partial charge in [-0.05, 0) is 6.92 Å². The average molecular weight is 152 g/mol. The van der Waals surface area contributed by atoms with Crippen LogP contribution in [0.3, 0.4) is 0 Å². The summed E-state index contributed by atoms with van der Waals surface area (Å²) in [7, 11) is 0. The second-order valence-corrected chi connectivity index (χ2v) is 3.00. The first-order valence-corrected chi connectivity index (χ1v) is 3.63. The van der Waals surface area contributed by atoms with Crippen molar-refractivity contribution in [3.8, 4) is 0 Å². The molecule has 10 heavy (non-hydrogen) atoms. The predicted octanol–water partition coefficient (Wildman–Crippen LogP) is -1.85. The summed E-state index contributed by atoms with van der Waals surface area (Å²) in [6.07, 6.45) is 0. The Morgan fingerprint density at radius 3 is 2.80 bits per heavy atom. The lowest BCUT2D eigenvalue weighted by Crippen LogP contribution is -2.95. The normalized spacial score (nSPS) is 33.3. The summed E-state index contributed by atoms with van der Waals surface area (Å²) in [5.74, 6) is -2.47. The number of alkyl halides is 2. The molecular weight excluding hydrogens is 138 g/mol. The number of hydrogen-bond acceptors (Lipinski definition) is 0. The van der Waals surface area contributed by atoms with Crippen molar-refractivity contribution >= 4 is 0 Å². The molecule has 0 radical (unpaired) electrons. The molecule has 1 saturated heterocycles. The average Bonchev–Trinajstić information content (AvgIpc) is 1.94. The summed E-state index contributed by atoms with van der Waals surface area (Å²) < 4.78 is 25.2. The van der Waals surface area contributed by atoms with Gasteiger partial charge in [-0.3, -0.25) is 0 Å². The van der Waals surface area contributed by atoms with Crippen LogP contribution in [0.15, 0.2) is 0 Å². The van der Waals surface area contributed by atoms with Crippen molar-refractivity contribution in [2.45, 2.75) is 18.9 Å². The highest BCUT2D eigenvalue weighted by molar-refractivity contribution is 4.62. The third-order valence-corrected chi connectivity index (χ3v) is 1.80. The third kappa shape index (κ3) is 2.19. The van der Waals surface area contributed by atoms with Crippen LogP contribution in [0.2, 0.25) is 0 Å². The zero-order valence-corrected chi connectivity index (χ0v) is 6.11. The summed E-state index contributed by atoms with van der Waals surface area (Å²) in [5, 5.41) is 3.40. The number of quaternary nitrogens is 2. The highest BCUT2D eigenvalue weighted by Crippen LogP contribution is 2.06. The Hall–Kier alpha value is -0.220. The second-order valence-electron chi connectivity index (χ2n) is 3.00. The van der Waals surface area contributed by atoms with E-state index < -0.39 is 5.92 Å². The van der Waals surface area contributed by atoms with Crippen molar-refractivity contribution in [2.75, 3.05) is 19.6 Å². The van der Waals surface area contributed by atoms with Gasteiger partial charge in [-0.25, -0.2) is 0 Å². The Bertz CT molecular complexity index is 116. The minimum atomic E-state index is -2.47. The highest BCUT2D eigenvalue weighted by Gasteiger charge is 2.36. The predicted molar refractivity (Wildman–Crippen MR) is 32.9 cm³/mol. The molecule has 0 aliphatic carbocycles. The van der Waals surface area contributed by atoms with E-state index in [1.165, 1.54) is 0 Å². The fourth-order valence-corrected chi connectivity index (χ4v) is 1.11. The van der Waals surface area contributed by atoms with E-state index in [1.807, 2.05) is 6.92 Å². The fraction of sp³-hybridized carbons (Fsp3) is 1.00. The third-order valence-electron chi connectivity index (χ3n) is 1.80. The summed E-state index contributed by atoms with van der Waals surface area (Å²) in [5.41, 5.74) is 0. The molecular formula is C6H14F2N2+2. The van der Waals surface area contributed by atoms with E-state index in [9.17, 15) is 8.78 Å². The maximum Gasteiger partial charge on any atom is 0.342 e. The minimum absolute atomic E-state index is 0.0478. The van der Waals surface area contributed by atoms with Gasteiger partial charge in [-0.15, -0.1) is 0 Å². The smallest absolute Gasteiger partial charge is 0.336 e. The van der Waals surface area contributed by atoms with E-state index >= 15 is 0 Å². The Balaban J connectivity index is 2.41. The summed E-state index contributed by atoms with van der Waals surface area (Å²) in [4.78, 5) is 0. The van der Waals surface area contributed by atoms with Gasteiger partial charge in [0.1, 0.15) is 25.7 Å². The Morgan fingerprint density at radius 2 is 2.10 bits per heavy atom. The molecule has 60 valence electrons. The van der Waals surface area contributed by atoms with Gasteiger partial charge in [-0.2, -0.15) is 8.78 Å². The molecule has 1 aliphatic heterocycles. The number of rotatable bonds is 0. The van der Waals surface area contributed by atoms with Crippen LogP contribution in [-0.2, 0) is 0 Å². The van der Waals surface area contributed by atoms with Crippen LogP contribution in [0.25, 0.3) is 0 Å². The molecule has 0 spiro atoms. The van der Waals surface area contributed by atoms with Crippen LogP contribution in [0.1, 0.15) is 6.92 Å². The number of nitrogens with two attached hydrogens (primary N) is 2. The Labute approximate surface area is 59.0 Å². The number of halogens is 2. The molecule has 1 fully saturated rings. The molecule has 0 unspecified atom stereocenters. The first kappa shape index (κ1) is 7.88.